The van der Waals surface area contributed by atoms with E-state index in [1.807, 2.05) is 43.3 Å². The van der Waals surface area contributed by atoms with E-state index in [0.29, 0.717) is 12.2 Å². The first-order chi connectivity index (χ1) is 11.1. The predicted molar refractivity (Wildman–Crippen MR) is 92.0 cm³/mol. The number of nitriles is 1. The minimum atomic E-state index is -0.186. The second-order valence-corrected chi connectivity index (χ2v) is 5.93. The minimum Gasteiger partial charge on any atom is -0.484 e. The van der Waals surface area contributed by atoms with Crippen molar-refractivity contribution in [1.82, 2.24) is 5.32 Å². The van der Waals surface area contributed by atoms with Crippen molar-refractivity contribution in [1.29, 1.82) is 5.26 Å². The van der Waals surface area contributed by atoms with Crippen LogP contribution in [0.5, 0.6) is 5.75 Å². The third-order valence-corrected chi connectivity index (χ3v) is 4.05. The molecule has 0 saturated carbocycles. The lowest BCUT2D eigenvalue weighted by molar-refractivity contribution is -0.123. The van der Waals surface area contributed by atoms with E-state index < -0.39 is 0 Å². The lowest BCUT2D eigenvalue weighted by Crippen LogP contribution is -2.31. The molecule has 118 valence electrons. The van der Waals surface area contributed by atoms with Gasteiger partial charge in [-0.15, -0.1) is 0 Å². The number of halogens is 1. The maximum Gasteiger partial charge on any atom is 0.258 e. The summed E-state index contributed by atoms with van der Waals surface area (Å²) in [6, 6.07) is 16.9. The van der Waals surface area contributed by atoms with Gasteiger partial charge in [0.2, 0.25) is 0 Å². The van der Waals surface area contributed by atoms with Gasteiger partial charge in [0.25, 0.3) is 5.91 Å². The van der Waals surface area contributed by atoms with Crippen molar-refractivity contribution in [2.24, 2.45) is 0 Å². The molecule has 1 amide bonds. The van der Waals surface area contributed by atoms with Crippen molar-refractivity contribution in [2.45, 2.75) is 19.4 Å². The molecule has 2 aromatic rings. The van der Waals surface area contributed by atoms with E-state index in [-0.39, 0.29) is 18.6 Å². The summed E-state index contributed by atoms with van der Waals surface area (Å²) >= 11 is 3.48. The van der Waals surface area contributed by atoms with Crippen LogP contribution in [0.25, 0.3) is 0 Å². The van der Waals surface area contributed by atoms with E-state index in [4.69, 9.17) is 10.00 Å². The molecule has 0 radical (unpaired) electrons. The van der Waals surface area contributed by atoms with Crippen molar-refractivity contribution in [2.75, 3.05) is 6.61 Å². The Morgan fingerprint density at radius 3 is 2.61 bits per heavy atom. The normalized spacial score (nSPS) is 11.3. The van der Waals surface area contributed by atoms with Gasteiger partial charge >= 0.3 is 0 Å². The first-order valence-electron chi connectivity index (χ1n) is 7.22. The fourth-order valence-electron chi connectivity index (χ4n) is 2.13. The minimum absolute atomic E-state index is 0.0492. The highest BCUT2D eigenvalue weighted by Crippen LogP contribution is 2.22. The van der Waals surface area contributed by atoms with E-state index in [1.165, 1.54) is 0 Å². The van der Waals surface area contributed by atoms with Gasteiger partial charge in [-0.2, -0.15) is 5.26 Å². The molecule has 1 atom stereocenters. The Labute approximate surface area is 144 Å². The average Bonchev–Trinajstić information content (AvgIpc) is 2.55. The summed E-state index contributed by atoms with van der Waals surface area (Å²) in [5.74, 6) is 0.421. The molecule has 0 aliphatic carbocycles. The number of hydrogen-bond acceptors (Lipinski definition) is 3. The average molecular weight is 373 g/mol. The molecule has 2 rings (SSSR count). The topological polar surface area (TPSA) is 62.1 Å². The van der Waals surface area contributed by atoms with E-state index in [0.717, 1.165) is 15.6 Å². The highest BCUT2D eigenvalue weighted by molar-refractivity contribution is 9.10. The number of ether oxygens (including phenoxy) is 1. The number of benzene rings is 2. The quantitative estimate of drug-likeness (QED) is 0.839. The third kappa shape index (κ3) is 5.11. The fourth-order valence-corrected chi connectivity index (χ4v) is 2.76. The summed E-state index contributed by atoms with van der Waals surface area (Å²) in [5.41, 5.74) is 1.94. The molecule has 2 aromatic carbocycles. The molecule has 23 heavy (non-hydrogen) atoms. The molecule has 1 N–H and O–H groups in total. The van der Waals surface area contributed by atoms with Crippen molar-refractivity contribution >= 4 is 21.8 Å². The maximum atomic E-state index is 12.0. The number of nitrogens with one attached hydrogen (secondary N) is 1. The van der Waals surface area contributed by atoms with Crippen LogP contribution in [0, 0.1) is 11.3 Å². The molecule has 0 spiro atoms. The van der Waals surface area contributed by atoms with Gasteiger partial charge in [-0.1, -0.05) is 46.3 Å². The molecule has 0 bridgehead atoms. The van der Waals surface area contributed by atoms with Gasteiger partial charge in [-0.25, -0.2) is 0 Å². The molecule has 0 aliphatic rings. The first-order valence-corrected chi connectivity index (χ1v) is 8.02. The van der Waals surface area contributed by atoms with Crippen LogP contribution in [0.3, 0.4) is 0 Å². The maximum absolute atomic E-state index is 12.0. The van der Waals surface area contributed by atoms with Crippen LogP contribution in [0.4, 0.5) is 0 Å². The number of carbonyl (C=O) groups excluding carboxylic acids is 1. The van der Waals surface area contributed by atoms with E-state index >= 15 is 0 Å². The van der Waals surface area contributed by atoms with E-state index in [2.05, 4.69) is 27.3 Å². The standard InChI is InChI=1S/C18H17BrN2O2/c1-13(16-4-2-3-5-17(16)19)21-18(22)12-23-15-8-6-14(7-9-15)10-11-20/h2-9,13H,10,12H2,1H3,(H,21,22). The molecular weight excluding hydrogens is 356 g/mol. The number of rotatable bonds is 6. The van der Waals surface area contributed by atoms with Gasteiger partial charge in [0.15, 0.2) is 6.61 Å². The zero-order valence-electron chi connectivity index (χ0n) is 12.8. The van der Waals surface area contributed by atoms with Crippen molar-refractivity contribution in [3.8, 4) is 11.8 Å². The summed E-state index contributed by atoms with van der Waals surface area (Å²) in [6.45, 7) is 1.88. The zero-order chi connectivity index (χ0) is 16.7. The molecule has 0 aromatic heterocycles. The van der Waals surface area contributed by atoms with Crippen molar-refractivity contribution in [3.05, 3.63) is 64.1 Å². The Morgan fingerprint density at radius 1 is 1.26 bits per heavy atom. The van der Waals surface area contributed by atoms with Gasteiger partial charge in [0.1, 0.15) is 5.75 Å². The SMILES string of the molecule is CC(NC(=O)COc1ccc(CC#N)cc1)c1ccccc1Br. The summed E-state index contributed by atoms with van der Waals surface area (Å²) in [6.07, 6.45) is 0.365. The molecule has 1 unspecified atom stereocenters. The van der Waals surface area contributed by atoms with Gasteiger partial charge in [0, 0.05) is 4.47 Å². The van der Waals surface area contributed by atoms with Crippen molar-refractivity contribution in [3.63, 3.8) is 0 Å². The van der Waals surface area contributed by atoms with E-state index in [1.54, 1.807) is 12.1 Å². The zero-order valence-corrected chi connectivity index (χ0v) is 14.3. The number of hydrogen-bond donors (Lipinski definition) is 1. The lowest BCUT2D eigenvalue weighted by Gasteiger charge is -2.16. The summed E-state index contributed by atoms with van der Waals surface area (Å²) in [7, 11) is 0. The number of nitrogens with zero attached hydrogens (tertiary/aromatic N) is 1. The smallest absolute Gasteiger partial charge is 0.258 e. The fraction of sp³-hybridized carbons (Fsp3) is 0.222. The van der Waals surface area contributed by atoms with Crippen LogP contribution in [-0.4, -0.2) is 12.5 Å². The Kier molecular flexibility index (Phi) is 6.19. The van der Waals surface area contributed by atoms with E-state index in [9.17, 15) is 4.79 Å². The largest absolute Gasteiger partial charge is 0.484 e. The first kappa shape index (κ1) is 17.0. The van der Waals surface area contributed by atoms with Crippen molar-refractivity contribution < 1.29 is 9.53 Å². The molecule has 0 fully saturated rings. The van der Waals surface area contributed by atoms with Gasteiger partial charge in [0.05, 0.1) is 18.5 Å². The molecule has 5 heteroatoms. The van der Waals surface area contributed by atoms with Crippen LogP contribution >= 0.6 is 15.9 Å². The van der Waals surface area contributed by atoms with Crippen LogP contribution in [0.1, 0.15) is 24.1 Å². The monoisotopic (exact) mass is 372 g/mol. The predicted octanol–water partition coefficient (Wildman–Crippen LogP) is 3.77. The Hall–Kier alpha value is -2.32. The summed E-state index contributed by atoms with van der Waals surface area (Å²) < 4.78 is 6.42. The van der Waals surface area contributed by atoms with Gasteiger partial charge in [-0.05, 0) is 36.2 Å². The van der Waals surface area contributed by atoms with Crippen LogP contribution in [-0.2, 0) is 11.2 Å². The molecule has 0 heterocycles. The van der Waals surface area contributed by atoms with Crippen LogP contribution in [0.15, 0.2) is 53.0 Å². The Bertz CT molecular complexity index is 708. The van der Waals surface area contributed by atoms with Crippen LogP contribution < -0.4 is 10.1 Å². The highest BCUT2D eigenvalue weighted by Gasteiger charge is 2.12. The van der Waals surface area contributed by atoms with Gasteiger partial charge in [-0.3, -0.25) is 4.79 Å². The second-order valence-electron chi connectivity index (χ2n) is 5.08. The molecular formula is C18H17BrN2O2. The molecule has 0 aliphatic heterocycles. The number of amides is 1. The Morgan fingerprint density at radius 2 is 1.96 bits per heavy atom. The lowest BCUT2D eigenvalue weighted by atomic mass is 10.1. The van der Waals surface area contributed by atoms with Crippen LogP contribution in [0.2, 0.25) is 0 Å². The molecule has 4 nitrogen and oxygen atoms in total. The van der Waals surface area contributed by atoms with Gasteiger partial charge < -0.3 is 10.1 Å². The molecule has 0 saturated heterocycles. The number of carbonyl (C=O) groups is 1. The Balaban J connectivity index is 1.85. The third-order valence-electron chi connectivity index (χ3n) is 3.33. The highest BCUT2D eigenvalue weighted by atomic mass is 79.9. The summed E-state index contributed by atoms with van der Waals surface area (Å²) in [4.78, 5) is 12.0. The summed E-state index contributed by atoms with van der Waals surface area (Å²) in [5, 5.41) is 11.5. The second kappa shape index (κ2) is 8.35.